The van der Waals surface area contributed by atoms with Gasteiger partial charge in [0.1, 0.15) is 0 Å². The predicted octanol–water partition coefficient (Wildman–Crippen LogP) is 5.06. The van der Waals surface area contributed by atoms with Crippen LogP contribution in [0.15, 0.2) is 47.6 Å². The third-order valence-electron chi connectivity index (χ3n) is 2.60. The molecule has 0 spiro atoms. The van der Waals surface area contributed by atoms with Crippen molar-refractivity contribution in [2.75, 3.05) is 0 Å². The minimum Gasteiger partial charge on any atom is -0.0620 e. The van der Waals surface area contributed by atoms with Crippen LogP contribution in [0, 0.1) is 11.3 Å². The first kappa shape index (κ1) is 13.0. The van der Waals surface area contributed by atoms with Crippen molar-refractivity contribution in [3.8, 4) is 0 Å². The molecule has 0 saturated carbocycles. The molecule has 0 aromatic carbocycles. The fourth-order valence-corrected chi connectivity index (χ4v) is 1.78. The topological polar surface area (TPSA) is 0 Å². The second-order valence-electron chi connectivity index (χ2n) is 6.02. The molecule has 16 heavy (non-hydrogen) atoms. The number of rotatable bonds is 2. The zero-order chi connectivity index (χ0) is 12.2. The predicted molar refractivity (Wildman–Crippen MR) is 73.4 cm³/mol. The molecule has 88 valence electrons. The van der Waals surface area contributed by atoms with Crippen molar-refractivity contribution in [3.63, 3.8) is 0 Å². The molecule has 0 radical (unpaired) electrons. The highest BCUT2D eigenvalue weighted by Crippen LogP contribution is 2.26. The zero-order valence-corrected chi connectivity index (χ0v) is 11.2. The van der Waals surface area contributed by atoms with Gasteiger partial charge in [0.15, 0.2) is 0 Å². The van der Waals surface area contributed by atoms with Crippen LogP contribution in [-0.4, -0.2) is 0 Å². The Morgan fingerprint density at radius 1 is 1.00 bits per heavy atom. The van der Waals surface area contributed by atoms with E-state index in [9.17, 15) is 0 Å². The second kappa shape index (κ2) is 5.34. The highest BCUT2D eigenvalue weighted by Gasteiger charge is 2.11. The molecule has 1 aliphatic carbocycles. The fourth-order valence-electron chi connectivity index (χ4n) is 1.78. The Balaban J connectivity index is 2.87. The molecule has 0 heterocycles. The van der Waals surface area contributed by atoms with Gasteiger partial charge in [-0.25, -0.2) is 0 Å². The van der Waals surface area contributed by atoms with Gasteiger partial charge >= 0.3 is 0 Å². The van der Waals surface area contributed by atoms with Crippen molar-refractivity contribution >= 4 is 0 Å². The lowest BCUT2D eigenvalue weighted by atomic mass is 9.87. The maximum atomic E-state index is 2.28. The molecule has 0 bridgehead atoms. The smallest absolute Gasteiger partial charge is 0.0219 e. The summed E-state index contributed by atoms with van der Waals surface area (Å²) >= 11 is 0. The van der Waals surface area contributed by atoms with Gasteiger partial charge in [-0.3, -0.25) is 0 Å². The van der Waals surface area contributed by atoms with E-state index < -0.39 is 0 Å². The van der Waals surface area contributed by atoms with E-state index in [2.05, 4.69) is 71.1 Å². The van der Waals surface area contributed by atoms with Crippen molar-refractivity contribution in [3.05, 3.63) is 47.6 Å². The van der Waals surface area contributed by atoms with Gasteiger partial charge < -0.3 is 0 Å². The summed E-state index contributed by atoms with van der Waals surface area (Å²) in [7, 11) is 0. The summed E-state index contributed by atoms with van der Waals surface area (Å²) in [5, 5.41) is 0. The molecule has 1 aliphatic rings. The standard InChI is InChI=1S/C16H24/c1-13(2)15-9-7-6-8-14(10-11-15)12-16(3,4)5/h6-11,13H,12H2,1-5H3. The zero-order valence-electron chi connectivity index (χ0n) is 11.2. The van der Waals surface area contributed by atoms with E-state index in [1.54, 1.807) is 0 Å². The molecule has 0 amide bonds. The first-order chi connectivity index (χ1) is 7.38. The van der Waals surface area contributed by atoms with Gasteiger partial charge in [0, 0.05) is 0 Å². The van der Waals surface area contributed by atoms with Crippen molar-refractivity contribution in [1.82, 2.24) is 0 Å². The van der Waals surface area contributed by atoms with Crippen LogP contribution in [0.25, 0.3) is 0 Å². The van der Waals surface area contributed by atoms with E-state index in [1.165, 1.54) is 11.1 Å². The lowest BCUT2D eigenvalue weighted by Gasteiger charge is -2.19. The van der Waals surface area contributed by atoms with Crippen LogP contribution in [0.2, 0.25) is 0 Å². The first-order valence-electron chi connectivity index (χ1n) is 6.14. The summed E-state index contributed by atoms with van der Waals surface area (Å²) < 4.78 is 0. The third-order valence-corrected chi connectivity index (χ3v) is 2.60. The van der Waals surface area contributed by atoms with Gasteiger partial charge in [0.25, 0.3) is 0 Å². The van der Waals surface area contributed by atoms with E-state index in [0.717, 1.165) is 6.42 Å². The van der Waals surface area contributed by atoms with E-state index in [1.807, 2.05) is 0 Å². The van der Waals surface area contributed by atoms with Crippen LogP contribution < -0.4 is 0 Å². The molecule has 0 saturated heterocycles. The van der Waals surface area contributed by atoms with Crippen molar-refractivity contribution in [1.29, 1.82) is 0 Å². The Morgan fingerprint density at radius 3 is 2.19 bits per heavy atom. The van der Waals surface area contributed by atoms with Crippen LogP contribution in [0.1, 0.15) is 41.0 Å². The van der Waals surface area contributed by atoms with E-state index in [-0.39, 0.29) is 0 Å². The molecule has 0 heteroatoms. The van der Waals surface area contributed by atoms with Gasteiger partial charge in [-0.05, 0) is 28.9 Å². The molecule has 0 nitrogen and oxygen atoms in total. The van der Waals surface area contributed by atoms with Crippen LogP contribution in [0.4, 0.5) is 0 Å². The maximum Gasteiger partial charge on any atom is -0.0219 e. The van der Waals surface area contributed by atoms with Crippen molar-refractivity contribution in [2.45, 2.75) is 41.0 Å². The highest BCUT2D eigenvalue weighted by molar-refractivity contribution is 5.36. The Hall–Kier alpha value is -1.04. The van der Waals surface area contributed by atoms with Crippen LogP contribution >= 0.6 is 0 Å². The molecule has 0 aromatic rings. The van der Waals surface area contributed by atoms with Crippen LogP contribution in [-0.2, 0) is 0 Å². The SMILES string of the molecule is CC(C)C1=CC=C(CC(C)(C)C)C=CC=C1. The molecule has 0 fully saturated rings. The Morgan fingerprint density at radius 2 is 1.62 bits per heavy atom. The number of hydrogen-bond donors (Lipinski definition) is 0. The average molecular weight is 216 g/mol. The normalized spacial score (nSPS) is 16.9. The van der Waals surface area contributed by atoms with Gasteiger partial charge in [-0.2, -0.15) is 0 Å². The van der Waals surface area contributed by atoms with Gasteiger partial charge in [-0.1, -0.05) is 71.1 Å². The maximum absolute atomic E-state index is 2.28. The monoisotopic (exact) mass is 216 g/mol. The average Bonchev–Trinajstić information content (AvgIpc) is 2.07. The summed E-state index contributed by atoms with van der Waals surface area (Å²) in [6.45, 7) is 11.3. The Bertz CT molecular complexity index is 341. The molecular weight excluding hydrogens is 192 g/mol. The summed E-state index contributed by atoms with van der Waals surface area (Å²) in [5.74, 6) is 0.592. The minimum absolute atomic E-state index is 0.352. The molecule has 0 atom stereocenters. The second-order valence-corrected chi connectivity index (χ2v) is 6.02. The largest absolute Gasteiger partial charge is 0.0620 e. The summed E-state index contributed by atoms with van der Waals surface area (Å²) in [6, 6.07) is 0. The summed E-state index contributed by atoms with van der Waals surface area (Å²) in [5.41, 5.74) is 3.16. The summed E-state index contributed by atoms with van der Waals surface area (Å²) in [6.07, 6.45) is 14.3. The van der Waals surface area contributed by atoms with Gasteiger partial charge in [-0.15, -0.1) is 0 Å². The highest BCUT2D eigenvalue weighted by atomic mass is 14.2. The minimum atomic E-state index is 0.352. The molecule has 0 unspecified atom stereocenters. The number of allylic oxidation sites excluding steroid dienone is 8. The Labute approximate surface area is 100 Å². The molecule has 1 rings (SSSR count). The van der Waals surface area contributed by atoms with E-state index in [4.69, 9.17) is 0 Å². The summed E-state index contributed by atoms with van der Waals surface area (Å²) in [4.78, 5) is 0. The molecular formula is C16H24. The van der Waals surface area contributed by atoms with E-state index >= 15 is 0 Å². The first-order valence-corrected chi connectivity index (χ1v) is 6.14. The van der Waals surface area contributed by atoms with E-state index in [0.29, 0.717) is 11.3 Å². The number of hydrogen-bond acceptors (Lipinski definition) is 0. The fraction of sp³-hybridized carbons (Fsp3) is 0.500. The molecule has 0 N–H and O–H groups in total. The third kappa shape index (κ3) is 4.65. The quantitative estimate of drug-likeness (QED) is 0.605. The molecule has 0 aromatic heterocycles. The van der Waals surface area contributed by atoms with Gasteiger partial charge in [0.05, 0.1) is 0 Å². The van der Waals surface area contributed by atoms with Crippen LogP contribution in [0.3, 0.4) is 0 Å². The lowest BCUT2D eigenvalue weighted by molar-refractivity contribution is 0.413. The van der Waals surface area contributed by atoms with Crippen LogP contribution in [0.5, 0.6) is 0 Å². The van der Waals surface area contributed by atoms with Crippen molar-refractivity contribution in [2.24, 2.45) is 11.3 Å². The van der Waals surface area contributed by atoms with Crippen molar-refractivity contribution < 1.29 is 0 Å². The molecule has 0 aliphatic heterocycles. The van der Waals surface area contributed by atoms with Gasteiger partial charge in [0.2, 0.25) is 0 Å². The lowest BCUT2D eigenvalue weighted by Crippen LogP contribution is -2.05. The Kier molecular flexibility index (Phi) is 4.35.